The van der Waals surface area contributed by atoms with E-state index in [1.54, 1.807) is 7.11 Å². The molecule has 2 rings (SSSR count). The molecule has 0 saturated heterocycles. The number of hydrogen-bond acceptors (Lipinski definition) is 4. The van der Waals surface area contributed by atoms with Crippen molar-refractivity contribution in [2.24, 2.45) is 0 Å². The van der Waals surface area contributed by atoms with Gasteiger partial charge in [-0.1, -0.05) is 6.07 Å². The van der Waals surface area contributed by atoms with Gasteiger partial charge in [-0.15, -0.1) is 0 Å². The van der Waals surface area contributed by atoms with Crippen molar-refractivity contribution in [3.8, 4) is 11.5 Å². The Hall–Kier alpha value is -1.81. The number of fused-ring (bicyclic) bond motifs is 1. The van der Waals surface area contributed by atoms with Crippen LogP contribution in [0.2, 0.25) is 0 Å². The molecule has 4 nitrogen and oxygen atoms in total. The lowest BCUT2D eigenvalue weighted by molar-refractivity contribution is 0.202. The van der Waals surface area contributed by atoms with Crippen molar-refractivity contribution in [2.75, 3.05) is 20.3 Å². The zero-order valence-corrected chi connectivity index (χ0v) is 9.93. The zero-order chi connectivity index (χ0) is 12.3. The number of pyridine rings is 1. The molecule has 0 saturated carbocycles. The molecule has 0 atom stereocenters. The Bertz CT molecular complexity index is 525. The first-order chi connectivity index (χ1) is 8.26. The predicted molar refractivity (Wildman–Crippen MR) is 65.6 cm³/mol. The van der Waals surface area contributed by atoms with E-state index in [4.69, 9.17) is 14.6 Å². The number of methoxy groups -OCH3 is 1. The number of para-hydroxylation sites is 1. The smallest absolute Gasteiger partial charge is 0.145 e. The summed E-state index contributed by atoms with van der Waals surface area (Å²) in [4.78, 5) is 4.45. The van der Waals surface area contributed by atoms with Crippen molar-refractivity contribution in [1.82, 2.24) is 4.98 Å². The maximum atomic E-state index is 8.80. The number of aryl methyl sites for hydroxylation is 1. The maximum absolute atomic E-state index is 8.80. The molecular weight excluding hydrogens is 218 g/mol. The summed E-state index contributed by atoms with van der Waals surface area (Å²) < 4.78 is 10.8. The summed E-state index contributed by atoms with van der Waals surface area (Å²) in [5.41, 5.74) is 1.64. The fourth-order valence-corrected chi connectivity index (χ4v) is 1.75. The quantitative estimate of drug-likeness (QED) is 0.876. The van der Waals surface area contributed by atoms with Crippen LogP contribution >= 0.6 is 0 Å². The number of aliphatic hydroxyl groups excluding tert-OH is 1. The summed E-state index contributed by atoms with van der Waals surface area (Å²) in [6.45, 7) is 2.17. The Labute approximate surface area is 99.8 Å². The highest BCUT2D eigenvalue weighted by atomic mass is 16.5. The molecule has 4 heteroatoms. The van der Waals surface area contributed by atoms with Gasteiger partial charge >= 0.3 is 0 Å². The second kappa shape index (κ2) is 5.01. The summed E-state index contributed by atoms with van der Waals surface area (Å²) in [5, 5.41) is 9.70. The van der Waals surface area contributed by atoms with Crippen molar-refractivity contribution < 1.29 is 14.6 Å². The minimum atomic E-state index is -0.00711. The van der Waals surface area contributed by atoms with Gasteiger partial charge in [0.2, 0.25) is 0 Å². The number of rotatable bonds is 4. The van der Waals surface area contributed by atoms with Gasteiger partial charge in [-0.25, -0.2) is 4.98 Å². The monoisotopic (exact) mass is 233 g/mol. The highest BCUT2D eigenvalue weighted by Crippen LogP contribution is 2.31. The first-order valence-corrected chi connectivity index (χ1v) is 5.44. The van der Waals surface area contributed by atoms with E-state index in [-0.39, 0.29) is 13.2 Å². The van der Waals surface area contributed by atoms with Gasteiger partial charge in [0.05, 0.1) is 13.7 Å². The molecule has 0 radical (unpaired) electrons. The molecule has 0 aliphatic rings. The maximum Gasteiger partial charge on any atom is 0.145 e. The largest absolute Gasteiger partial charge is 0.494 e. The van der Waals surface area contributed by atoms with Crippen LogP contribution in [0.3, 0.4) is 0 Å². The van der Waals surface area contributed by atoms with Gasteiger partial charge in [0, 0.05) is 17.1 Å². The SMILES string of the molecule is COc1cccc2c(OCCO)cc(C)nc12. The number of aliphatic hydroxyl groups is 1. The lowest BCUT2D eigenvalue weighted by atomic mass is 10.1. The van der Waals surface area contributed by atoms with Crippen LogP contribution in [0.4, 0.5) is 0 Å². The summed E-state index contributed by atoms with van der Waals surface area (Å²) in [6, 6.07) is 7.54. The lowest BCUT2D eigenvalue weighted by Gasteiger charge is -2.11. The van der Waals surface area contributed by atoms with Crippen LogP contribution in [0.25, 0.3) is 10.9 Å². The first kappa shape index (κ1) is 11.7. The third-order valence-corrected chi connectivity index (χ3v) is 2.46. The molecule has 0 spiro atoms. The Morgan fingerprint density at radius 2 is 2.12 bits per heavy atom. The predicted octanol–water partition coefficient (Wildman–Crippen LogP) is 1.92. The highest BCUT2D eigenvalue weighted by Gasteiger charge is 2.09. The standard InChI is InChI=1S/C13H15NO3/c1-9-8-12(17-7-6-15)10-4-3-5-11(16-2)13(10)14-9/h3-5,8,15H,6-7H2,1-2H3. The van der Waals surface area contributed by atoms with Gasteiger partial charge in [-0.05, 0) is 19.1 Å². The number of aromatic nitrogens is 1. The minimum Gasteiger partial charge on any atom is -0.494 e. The van der Waals surface area contributed by atoms with Gasteiger partial charge < -0.3 is 14.6 Å². The Balaban J connectivity index is 2.59. The van der Waals surface area contributed by atoms with Crippen LogP contribution in [0.5, 0.6) is 11.5 Å². The molecule has 0 amide bonds. The number of ether oxygens (including phenoxy) is 2. The van der Waals surface area contributed by atoms with E-state index >= 15 is 0 Å². The molecule has 90 valence electrons. The van der Waals surface area contributed by atoms with Crippen molar-refractivity contribution in [1.29, 1.82) is 0 Å². The first-order valence-electron chi connectivity index (χ1n) is 5.44. The average molecular weight is 233 g/mol. The zero-order valence-electron chi connectivity index (χ0n) is 9.93. The van der Waals surface area contributed by atoms with E-state index in [2.05, 4.69) is 4.98 Å². The third-order valence-electron chi connectivity index (χ3n) is 2.46. The number of hydrogen-bond donors (Lipinski definition) is 1. The van der Waals surface area contributed by atoms with Crippen molar-refractivity contribution in [3.63, 3.8) is 0 Å². The molecule has 0 aliphatic carbocycles. The van der Waals surface area contributed by atoms with Crippen molar-refractivity contribution in [2.45, 2.75) is 6.92 Å². The highest BCUT2D eigenvalue weighted by molar-refractivity contribution is 5.89. The molecule has 1 aromatic carbocycles. The van der Waals surface area contributed by atoms with Gasteiger partial charge in [0.15, 0.2) is 0 Å². The van der Waals surface area contributed by atoms with E-state index < -0.39 is 0 Å². The summed E-state index contributed by atoms with van der Waals surface area (Å²) in [7, 11) is 1.62. The molecule has 0 fully saturated rings. The average Bonchev–Trinajstić information content (AvgIpc) is 2.35. The Morgan fingerprint density at radius 3 is 2.82 bits per heavy atom. The Morgan fingerprint density at radius 1 is 1.29 bits per heavy atom. The number of nitrogens with zero attached hydrogens (tertiary/aromatic N) is 1. The van der Waals surface area contributed by atoms with E-state index in [1.165, 1.54) is 0 Å². The lowest BCUT2D eigenvalue weighted by Crippen LogP contribution is -2.03. The van der Waals surface area contributed by atoms with Crippen LogP contribution in [0.1, 0.15) is 5.69 Å². The molecular formula is C13H15NO3. The van der Waals surface area contributed by atoms with E-state index in [0.717, 1.165) is 28.1 Å². The molecule has 2 aromatic rings. The van der Waals surface area contributed by atoms with Gasteiger partial charge in [-0.3, -0.25) is 0 Å². The Kier molecular flexibility index (Phi) is 3.44. The van der Waals surface area contributed by atoms with E-state index in [0.29, 0.717) is 0 Å². The molecule has 1 aromatic heterocycles. The summed E-state index contributed by atoms with van der Waals surface area (Å²) >= 11 is 0. The van der Waals surface area contributed by atoms with E-state index in [9.17, 15) is 0 Å². The fraction of sp³-hybridized carbons (Fsp3) is 0.308. The third kappa shape index (κ3) is 2.31. The van der Waals surface area contributed by atoms with Crippen molar-refractivity contribution >= 4 is 10.9 Å². The van der Waals surface area contributed by atoms with Crippen molar-refractivity contribution in [3.05, 3.63) is 30.0 Å². The minimum absolute atomic E-state index is 0.00711. The normalized spacial score (nSPS) is 10.5. The molecule has 17 heavy (non-hydrogen) atoms. The second-order valence-corrected chi connectivity index (χ2v) is 3.69. The van der Waals surface area contributed by atoms with Crippen LogP contribution < -0.4 is 9.47 Å². The molecule has 0 aliphatic heterocycles. The van der Waals surface area contributed by atoms with Gasteiger partial charge in [0.25, 0.3) is 0 Å². The van der Waals surface area contributed by atoms with Gasteiger partial charge in [0.1, 0.15) is 23.6 Å². The summed E-state index contributed by atoms with van der Waals surface area (Å²) in [5.74, 6) is 1.44. The van der Waals surface area contributed by atoms with Crippen LogP contribution in [-0.4, -0.2) is 30.4 Å². The molecule has 0 unspecified atom stereocenters. The summed E-state index contributed by atoms with van der Waals surface area (Å²) in [6.07, 6.45) is 0. The molecule has 0 bridgehead atoms. The topological polar surface area (TPSA) is 51.6 Å². The second-order valence-electron chi connectivity index (χ2n) is 3.69. The van der Waals surface area contributed by atoms with Gasteiger partial charge in [-0.2, -0.15) is 0 Å². The van der Waals surface area contributed by atoms with Crippen LogP contribution in [0, 0.1) is 6.92 Å². The molecule has 1 N–H and O–H groups in total. The van der Waals surface area contributed by atoms with Crippen LogP contribution in [0.15, 0.2) is 24.3 Å². The number of benzene rings is 1. The van der Waals surface area contributed by atoms with Crippen LogP contribution in [-0.2, 0) is 0 Å². The van der Waals surface area contributed by atoms with E-state index in [1.807, 2.05) is 31.2 Å². The fourth-order valence-electron chi connectivity index (χ4n) is 1.75. The molecule has 1 heterocycles.